The Kier molecular flexibility index (Phi) is 5.10. The number of primary amides is 1. The molecule has 1 heterocycles. The van der Waals surface area contributed by atoms with Gasteiger partial charge in [0.05, 0.1) is 32.7 Å². The Balaban J connectivity index is 1.76. The molecule has 114 valence electrons. The lowest BCUT2D eigenvalue weighted by Gasteiger charge is -2.33. The van der Waals surface area contributed by atoms with Crippen molar-refractivity contribution in [3.05, 3.63) is 30.1 Å². The zero-order valence-corrected chi connectivity index (χ0v) is 11.8. The standard InChI is InChI=1S/C14H19FN4O2/c15-11-1-3-12(4-2-11)19-7-5-18(6-8-19)10-14(21)17-9-13(16)20/h1-4H,5-10H2,(H2,16,20)(H,17,21)/p+1. The molecule has 0 aromatic heterocycles. The number of benzene rings is 1. The first-order valence-electron chi connectivity index (χ1n) is 6.93. The van der Waals surface area contributed by atoms with Crippen molar-refractivity contribution in [3.8, 4) is 0 Å². The number of nitrogens with one attached hydrogen (secondary N) is 2. The third-order valence-corrected chi connectivity index (χ3v) is 3.53. The lowest BCUT2D eigenvalue weighted by molar-refractivity contribution is -0.892. The lowest BCUT2D eigenvalue weighted by atomic mass is 10.2. The van der Waals surface area contributed by atoms with E-state index in [4.69, 9.17) is 5.73 Å². The highest BCUT2D eigenvalue weighted by molar-refractivity contribution is 5.84. The van der Waals surface area contributed by atoms with Crippen LogP contribution < -0.4 is 20.9 Å². The van der Waals surface area contributed by atoms with Gasteiger partial charge in [-0.3, -0.25) is 9.59 Å². The molecule has 0 spiro atoms. The maximum absolute atomic E-state index is 12.9. The van der Waals surface area contributed by atoms with Gasteiger partial charge in [-0.25, -0.2) is 4.39 Å². The van der Waals surface area contributed by atoms with Crippen LogP contribution in [-0.2, 0) is 9.59 Å². The summed E-state index contributed by atoms with van der Waals surface area (Å²) in [4.78, 5) is 25.5. The number of anilines is 1. The van der Waals surface area contributed by atoms with Gasteiger partial charge < -0.3 is 20.9 Å². The van der Waals surface area contributed by atoms with Crippen LogP contribution in [0.4, 0.5) is 10.1 Å². The third kappa shape index (κ3) is 4.71. The fraction of sp³-hybridized carbons (Fsp3) is 0.429. The van der Waals surface area contributed by atoms with Crippen molar-refractivity contribution in [1.29, 1.82) is 0 Å². The number of rotatable bonds is 5. The van der Waals surface area contributed by atoms with E-state index in [-0.39, 0.29) is 18.3 Å². The van der Waals surface area contributed by atoms with E-state index in [1.807, 2.05) is 0 Å². The van der Waals surface area contributed by atoms with Crippen molar-refractivity contribution >= 4 is 17.5 Å². The molecule has 0 saturated carbocycles. The van der Waals surface area contributed by atoms with Gasteiger partial charge in [0.2, 0.25) is 5.91 Å². The van der Waals surface area contributed by atoms with E-state index in [0.29, 0.717) is 6.54 Å². The van der Waals surface area contributed by atoms with E-state index in [1.54, 1.807) is 12.1 Å². The summed E-state index contributed by atoms with van der Waals surface area (Å²) in [6.07, 6.45) is 0. The molecule has 1 saturated heterocycles. The summed E-state index contributed by atoms with van der Waals surface area (Å²) >= 11 is 0. The minimum absolute atomic E-state index is 0.117. The molecule has 1 aliphatic heterocycles. The average Bonchev–Trinajstić information content (AvgIpc) is 2.47. The van der Waals surface area contributed by atoms with Crippen molar-refractivity contribution in [2.24, 2.45) is 5.73 Å². The fourth-order valence-corrected chi connectivity index (χ4v) is 2.39. The summed E-state index contributed by atoms with van der Waals surface area (Å²) in [6, 6.07) is 6.43. The van der Waals surface area contributed by atoms with Crippen LogP contribution in [0.2, 0.25) is 0 Å². The molecular formula is C14H20FN4O2+. The molecule has 4 N–H and O–H groups in total. The number of nitrogens with two attached hydrogens (primary N) is 1. The van der Waals surface area contributed by atoms with Crippen molar-refractivity contribution in [1.82, 2.24) is 5.32 Å². The Hall–Kier alpha value is -2.15. The number of carbonyl (C=O) groups excluding carboxylic acids is 2. The van der Waals surface area contributed by atoms with Crippen LogP contribution in [0.15, 0.2) is 24.3 Å². The first-order valence-corrected chi connectivity index (χ1v) is 6.93. The Morgan fingerprint density at radius 2 is 1.86 bits per heavy atom. The fourth-order valence-electron chi connectivity index (χ4n) is 2.39. The summed E-state index contributed by atoms with van der Waals surface area (Å²) < 4.78 is 12.9. The van der Waals surface area contributed by atoms with Crippen molar-refractivity contribution < 1.29 is 18.9 Å². The smallest absolute Gasteiger partial charge is 0.275 e. The molecule has 1 aliphatic rings. The number of halogens is 1. The van der Waals surface area contributed by atoms with Gasteiger partial charge >= 0.3 is 0 Å². The number of hydrogen-bond acceptors (Lipinski definition) is 3. The number of hydrogen-bond donors (Lipinski definition) is 3. The molecule has 0 atom stereocenters. The molecule has 6 nitrogen and oxygen atoms in total. The quantitative estimate of drug-likeness (QED) is 0.595. The minimum Gasteiger partial charge on any atom is -0.368 e. The highest BCUT2D eigenvalue weighted by Gasteiger charge is 2.22. The predicted octanol–water partition coefficient (Wildman–Crippen LogP) is -1.87. The second kappa shape index (κ2) is 7.03. The van der Waals surface area contributed by atoms with Gasteiger partial charge in [-0.1, -0.05) is 0 Å². The van der Waals surface area contributed by atoms with Crippen LogP contribution in [-0.4, -0.2) is 51.1 Å². The maximum Gasteiger partial charge on any atom is 0.275 e. The van der Waals surface area contributed by atoms with Crippen LogP contribution in [0.1, 0.15) is 0 Å². The lowest BCUT2D eigenvalue weighted by Crippen LogP contribution is -3.16. The molecule has 0 unspecified atom stereocenters. The van der Waals surface area contributed by atoms with Gasteiger partial charge in [-0.2, -0.15) is 0 Å². The van der Waals surface area contributed by atoms with Gasteiger partial charge in [0.1, 0.15) is 5.82 Å². The summed E-state index contributed by atoms with van der Waals surface area (Å²) in [5.41, 5.74) is 5.97. The van der Waals surface area contributed by atoms with Crippen LogP contribution >= 0.6 is 0 Å². The third-order valence-electron chi connectivity index (χ3n) is 3.53. The maximum atomic E-state index is 12.9. The normalized spacial score (nSPS) is 15.8. The van der Waals surface area contributed by atoms with Crippen LogP contribution in [0.3, 0.4) is 0 Å². The summed E-state index contributed by atoms with van der Waals surface area (Å²) in [6.45, 7) is 3.48. The zero-order chi connectivity index (χ0) is 15.2. The highest BCUT2D eigenvalue weighted by atomic mass is 19.1. The van der Waals surface area contributed by atoms with E-state index in [9.17, 15) is 14.0 Å². The summed E-state index contributed by atoms with van der Waals surface area (Å²) in [5.74, 6) is -0.951. The first kappa shape index (κ1) is 15.2. The largest absolute Gasteiger partial charge is 0.368 e. The van der Waals surface area contributed by atoms with Crippen LogP contribution in [0.25, 0.3) is 0 Å². The first-order chi connectivity index (χ1) is 10.0. The monoisotopic (exact) mass is 295 g/mol. The van der Waals surface area contributed by atoms with Crippen LogP contribution in [0, 0.1) is 5.82 Å². The Bertz CT molecular complexity index is 498. The Labute approximate surface area is 122 Å². The topological polar surface area (TPSA) is 79.9 Å². The molecule has 2 amide bonds. The van der Waals surface area contributed by atoms with E-state index in [2.05, 4.69) is 10.2 Å². The second-order valence-electron chi connectivity index (χ2n) is 5.13. The molecule has 1 fully saturated rings. The number of carbonyl (C=O) groups is 2. The molecule has 1 aromatic carbocycles. The molecule has 7 heteroatoms. The van der Waals surface area contributed by atoms with E-state index in [1.165, 1.54) is 12.1 Å². The predicted molar refractivity (Wildman–Crippen MR) is 76.4 cm³/mol. The molecule has 2 rings (SSSR count). The molecular weight excluding hydrogens is 275 g/mol. The number of quaternary nitrogens is 1. The highest BCUT2D eigenvalue weighted by Crippen LogP contribution is 2.14. The average molecular weight is 295 g/mol. The number of piperazine rings is 1. The van der Waals surface area contributed by atoms with Gasteiger partial charge in [0, 0.05) is 5.69 Å². The van der Waals surface area contributed by atoms with E-state index >= 15 is 0 Å². The van der Waals surface area contributed by atoms with E-state index < -0.39 is 5.91 Å². The summed E-state index contributed by atoms with van der Waals surface area (Å²) in [5, 5.41) is 2.49. The minimum atomic E-state index is -0.542. The Morgan fingerprint density at radius 3 is 2.43 bits per heavy atom. The van der Waals surface area contributed by atoms with Gasteiger partial charge in [0.25, 0.3) is 5.91 Å². The molecule has 0 radical (unpaired) electrons. The molecule has 21 heavy (non-hydrogen) atoms. The number of amides is 2. The second-order valence-corrected chi connectivity index (χ2v) is 5.13. The van der Waals surface area contributed by atoms with Crippen molar-refractivity contribution in [3.63, 3.8) is 0 Å². The van der Waals surface area contributed by atoms with Gasteiger partial charge in [-0.15, -0.1) is 0 Å². The Morgan fingerprint density at radius 1 is 1.24 bits per heavy atom. The van der Waals surface area contributed by atoms with E-state index in [0.717, 1.165) is 36.8 Å². The SMILES string of the molecule is NC(=O)CNC(=O)C[NH+]1CCN(c2ccc(F)cc2)CC1. The van der Waals surface area contributed by atoms with Gasteiger partial charge in [-0.05, 0) is 24.3 Å². The molecule has 1 aromatic rings. The molecule has 0 aliphatic carbocycles. The van der Waals surface area contributed by atoms with Gasteiger partial charge in [0.15, 0.2) is 6.54 Å². The zero-order valence-electron chi connectivity index (χ0n) is 11.8. The van der Waals surface area contributed by atoms with Crippen LogP contribution in [0.5, 0.6) is 0 Å². The van der Waals surface area contributed by atoms with Crippen molar-refractivity contribution in [2.45, 2.75) is 0 Å². The number of nitrogens with zero attached hydrogens (tertiary/aromatic N) is 1. The van der Waals surface area contributed by atoms with Crippen molar-refractivity contribution in [2.75, 3.05) is 44.2 Å². The molecule has 0 bridgehead atoms. The summed E-state index contributed by atoms with van der Waals surface area (Å²) in [7, 11) is 0.